The van der Waals surface area contributed by atoms with Gasteiger partial charge in [0, 0.05) is 51.8 Å². The minimum Gasteiger partial charge on any atom is -0.459 e. The zero-order valence-electron chi connectivity index (χ0n) is 23.6. The summed E-state index contributed by atoms with van der Waals surface area (Å²) in [5.74, 6) is 0. The Kier molecular flexibility index (Phi) is 4.21. The highest BCUT2D eigenvalue weighted by Gasteiger charge is 2.24. The van der Waals surface area contributed by atoms with Gasteiger partial charge in [-0.3, -0.25) is 0 Å². The molecule has 0 N–H and O–H groups in total. The number of para-hydroxylation sites is 1. The van der Waals surface area contributed by atoms with Gasteiger partial charge in [-0.05, 0) is 35.7 Å². The molecule has 0 radical (unpaired) electrons. The molecule has 0 spiro atoms. The molecule has 0 unspecified atom stereocenters. The van der Waals surface area contributed by atoms with E-state index >= 15 is 0 Å². The third kappa shape index (κ3) is 2.85. The summed E-state index contributed by atoms with van der Waals surface area (Å²) in [5, 5.41) is 4.70. The first-order valence-electron chi connectivity index (χ1n) is 14.8. The Morgan fingerprint density at radius 1 is 0.356 bits per heavy atom. The van der Waals surface area contributed by atoms with Crippen LogP contribution >= 0.6 is 0 Å². The number of hydrogen-bond donors (Lipinski definition) is 0. The summed E-state index contributed by atoms with van der Waals surface area (Å²) in [6, 6.07) is 36.2. The Balaban J connectivity index is 1.31. The normalized spacial score (nSPS) is 12.4. The average molecular weight is 584 g/mol. The molecule has 212 valence electrons. The highest BCUT2D eigenvalue weighted by molar-refractivity contribution is 6.24. The second-order valence-corrected chi connectivity index (χ2v) is 11.4. The first-order chi connectivity index (χ1) is 22.3. The number of furan rings is 4. The molecule has 0 aliphatic rings. The van der Waals surface area contributed by atoms with E-state index in [4.69, 9.17) is 17.7 Å². The predicted molar refractivity (Wildman–Crippen MR) is 176 cm³/mol. The van der Waals surface area contributed by atoms with Gasteiger partial charge in [-0.2, -0.15) is 0 Å². The fourth-order valence-electron chi connectivity index (χ4n) is 7.42. The Morgan fingerprint density at radius 2 is 0.889 bits per heavy atom. The molecule has 0 saturated carbocycles. The highest BCUT2D eigenvalue weighted by atomic mass is 16.4. The van der Waals surface area contributed by atoms with E-state index in [0.29, 0.717) is 0 Å². The molecular weight excluding hydrogens is 562 g/mol. The smallest absolute Gasteiger partial charge is 0.195 e. The van der Waals surface area contributed by atoms with Crippen LogP contribution in [0.4, 0.5) is 0 Å². The molecule has 0 aliphatic carbocycles. The van der Waals surface area contributed by atoms with Crippen LogP contribution in [-0.2, 0) is 0 Å². The monoisotopic (exact) mass is 583 g/mol. The molecule has 11 aromatic rings. The number of rotatable bonds is 3. The summed E-state index contributed by atoms with van der Waals surface area (Å²) in [6.07, 6.45) is 6.88. The first kappa shape index (κ1) is 23.2. The van der Waals surface area contributed by atoms with Gasteiger partial charge >= 0.3 is 0 Å². The summed E-state index contributed by atoms with van der Waals surface area (Å²) >= 11 is 0. The van der Waals surface area contributed by atoms with E-state index in [-0.39, 0.29) is 0 Å². The van der Waals surface area contributed by atoms with E-state index in [0.717, 1.165) is 77.9 Å². The molecule has 45 heavy (non-hydrogen) atoms. The molecule has 4 aromatic carbocycles. The lowest BCUT2D eigenvalue weighted by molar-refractivity contribution is 0.583. The molecule has 0 atom stereocenters. The van der Waals surface area contributed by atoms with Crippen molar-refractivity contribution >= 4 is 77.0 Å². The van der Waals surface area contributed by atoms with E-state index in [1.165, 1.54) is 16.2 Å². The third-order valence-corrected chi connectivity index (χ3v) is 9.20. The van der Waals surface area contributed by atoms with Crippen molar-refractivity contribution in [1.29, 1.82) is 0 Å². The SMILES string of the molecule is c1ccc(-n2c3cc(-n4c5ccoc5c5occc54)ccc3c3c4ccccc4c(-n4c5ccoc5c5occc54)cc32)cc1. The number of fused-ring (bicyclic) bond motifs is 11. The quantitative estimate of drug-likeness (QED) is 0.208. The van der Waals surface area contributed by atoms with Crippen LogP contribution in [0.2, 0.25) is 0 Å². The summed E-state index contributed by atoms with van der Waals surface area (Å²) in [4.78, 5) is 0. The molecule has 7 heterocycles. The largest absolute Gasteiger partial charge is 0.459 e. The molecular formula is C38H21N3O4. The lowest BCUT2D eigenvalue weighted by atomic mass is 10.0. The molecule has 0 aliphatic heterocycles. The van der Waals surface area contributed by atoms with Gasteiger partial charge in [0.1, 0.15) is 0 Å². The van der Waals surface area contributed by atoms with Crippen LogP contribution in [0.3, 0.4) is 0 Å². The first-order valence-corrected chi connectivity index (χ1v) is 14.8. The van der Waals surface area contributed by atoms with Gasteiger partial charge < -0.3 is 31.4 Å². The number of aromatic nitrogens is 3. The van der Waals surface area contributed by atoms with Gasteiger partial charge in [-0.15, -0.1) is 0 Å². The lowest BCUT2D eigenvalue weighted by Gasteiger charge is -2.13. The van der Waals surface area contributed by atoms with Crippen LogP contribution in [0.15, 0.2) is 146 Å². The van der Waals surface area contributed by atoms with Gasteiger partial charge in [0.15, 0.2) is 22.3 Å². The highest BCUT2D eigenvalue weighted by Crippen LogP contribution is 2.43. The number of hydrogen-bond acceptors (Lipinski definition) is 4. The number of nitrogens with zero attached hydrogens (tertiary/aromatic N) is 3. The fraction of sp³-hybridized carbons (Fsp3) is 0. The zero-order chi connectivity index (χ0) is 29.2. The maximum atomic E-state index is 5.89. The maximum absolute atomic E-state index is 5.89. The van der Waals surface area contributed by atoms with Crippen LogP contribution in [0.1, 0.15) is 0 Å². The van der Waals surface area contributed by atoms with Crippen LogP contribution in [0, 0.1) is 0 Å². The molecule has 11 rings (SSSR count). The second kappa shape index (κ2) is 8.18. The second-order valence-electron chi connectivity index (χ2n) is 11.4. The molecule has 0 fully saturated rings. The minimum absolute atomic E-state index is 0.746. The third-order valence-electron chi connectivity index (χ3n) is 9.20. The van der Waals surface area contributed by atoms with Crippen molar-refractivity contribution in [3.8, 4) is 17.1 Å². The molecule has 0 bridgehead atoms. The van der Waals surface area contributed by atoms with Gasteiger partial charge in [0.25, 0.3) is 0 Å². The van der Waals surface area contributed by atoms with Gasteiger partial charge in [-0.25, -0.2) is 0 Å². The molecule has 0 amide bonds. The van der Waals surface area contributed by atoms with E-state index in [1.54, 1.807) is 25.1 Å². The van der Waals surface area contributed by atoms with Gasteiger partial charge in [-0.1, -0.05) is 48.5 Å². The molecule has 7 aromatic heterocycles. The van der Waals surface area contributed by atoms with Crippen molar-refractivity contribution in [1.82, 2.24) is 13.7 Å². The summed E-state index contributed by atoms with van der Waals surface area (Å²) in [7, 11) is 0. The van der Waals surface area contributed by atoms with Crippen LogP contribution in [0.25, 0.3) is 94.0 Å². The van der Waals surface area contributed by atoms with Crippen LogP contribution in [-0.4, -0.2) is 13.7 Å². The van der Waals surface area contributed by atoms with Crippen molar-refractivity contribution in [2.24, 2.45) is 0 Å². The van der Waals surface area contributed by atoms with Gasteiger partial charge in [0.05, 0.1) is 63.8 Å². The Morgan fingerprint density at radius 3 is 1.51 bits per heavy atom. The molecule has 7 heteroatoms. The van der Waals surface area contributed by atoms with Crippen LogP contribution < -0.4 is 0 Å². The van der Waals surface area contributed by atoms with Crippen LogP contribution in [0.5, 0.6) is 0 Å². The lowest BCUT2D eigenvalue weighted by Crippen LogP contribution is -1.98. The van der Waals surface area contributed by atoms with E-state index in [9.17, 15) is 0 Å². The predicted octanol–water partition coefficient (Wildman–Crippen LogP) is 10.5. The fourth-order valence-corrected chi connectivity index (χ4v) is 7.42. The Hall–Kier alpha value is -6.34. The standard InChI is InChI=1S/C38H21N3O4/c1-2-6-22(7-3-1)39-31-20-23(40-27-12-16-42-35(27)36-28(40)13-17-43-36)10-11-26(31)34-25-9-5-4-8-24(25)32(21-33(34)39)41-29-14-18-44-37(29)38-30(41)15-19-45-38/h1-21H. The molecule has 7 nitrogen and oxygen atoms in total. The number of benzene rings is 4. The Labute approximate surface area is 253 Å². The van der Waals surface area contributed by atoms with Crippen molar-refractivity contribution in [3.05, 3.63) is 128 Å². The summed E-state index contributed by atoms with van der Waals surface area (Å²) < 4.78 is 30.3. The Bertz CT molecular complexity index is 2840. The molecule has 0 saturated heterocycles. The van der Waals surface area contributed by atoms with E-state index in [2.05, 4.69) is 92.6 Å². The van der Waals surface area contributed by atoms with Crippen molar-refractivity contribution < 1.29 is 17.7 Å². The van der Waals surface area contributed by atoms with E-state index in [1.807, 2.05) is 24.3 Å². The zero-order valence-corrected chi connectivity index (χ0v) is 23.6. The van der Waals surface area contributed by atoms with E-state index < -0.39 is 0 Å². The maximum Gasteiger partial charge on any atom is 0.195 e. The minimum atomic E-state index is 0.746. The summed E-state index contributed by atoms with van der Waals surface area (Å²) in [6.45, 7) is 0. The van der Waals surface area contributed by atoms with Gasteiger partial charge in [0.2, 0.25) is 0 Å². The van der Waals surface area contributed by atoms with Crippen molar-refractivity contribution in [3.63, 3.8) is 0 Å². The topological polar surface area (TPSA) is 67.3 Å². The van der Waals surface area contributed by atoms with Crippen molar-refractivity contribution in [2.45, 2.75) is 0 Å². The van der Waals surface area contributed by atoms with Crippen molar-refractivity contribution in [2.75, 3.05) is 0 Å². The summed E-state index contributed by atoms with van der Waals surface area (Å²) in [5.41, 5.74) is 12.3. The average Bonchev–Trinajstić information content (AvgIpc) is 3.91.